The third-order valence-corrected chi connectivity index (χ3v) is 3.85. The monoisotopic (exact) mass is 293 g/mol. The molecule has 0 atom stereocenters. The van der Waals surface area contributed by atoms with Crippen LogP contribution in [-0.2, 0) is 4.79 Å². The van der Waals surface area contributed by atoms with E-state index in [4.69, 9.17) is 5.11 Å². The normalized spacial score (nSPS) is 17.2. The Morgan fingerprint density at radius 2 is 2.05 bits per heavy atom. The third-order valence-electron chi connectivity index (χ3n) is 3.85. The lowest BCUT2D eigenvalue weighted by molar-refractivity contribution is -0.139. The van der Waals surface area contributed by atoms with Gasteiger partial charge in [-0.3, -0.25) is 14.4 Å². The maximum absolute atomic E-state index is 12.3. The lowest BCUT2D eigenvalue weighted by atomic mass is 9.79. The van der Waals surface area contributed by atoms with Crippen molar-refractivity contribution in [2.45, 2.75) is 51.0 Å². The molecule has 3 N–H and O–H groups in total. The smallest absolute Gasteiger partial charge is 0.305 e. The number of hydrogen-bond acceptors (Lipinski definition) is 4. The molecule has 0 spiro atoms. The molecule has 1 heterocycles. The van der Waals surface area contributed by atoms with Gasteiger partial charge in [0, 0.05) is 6.20 Å². The summed E-state index contributed by atoms with van der Waals surface area (Å²) >= 11 is 0. The number of nitrogens with one attached hydrogen (secondary N) is 2. The van der Waals surface area contributed by atoms with Gasteiger partial charge in [0.05, 0.1) is 12.0 Å². The Labute approximate surface area is 121 Å². The first-order valence-corrected chi connectivity index (χ1v) is 7.02. The van der Waals surface area contributed by atoms with Gasteiger partial charge in [-0.15, -0.1) is 0 Å². The van der Waals surface area contributed by atoms with Gasteiger partial charge in [0.1, 0.15) is 11.4 Å². The standard InChI is InChI=1S/C14H19N3O4/c1-9-15-8-10(12(20)16-9)13(21)17-14(7-11(18)19)5-3-2-4-6-14/h8H,2-7H2,1H3,(H,17,21)(H,18,19)(H,15,16,20). The van der Waals surface area contributed by atoms with Crippen LogP contribution in [0.4, 0.5) is 0 Å². The summed E-state index contributed by atoms with van der Waals surface area (Å²) in [5.74, 6) is -1.09. The number of carboxylic acids is 1. The molecular weight excluding hydrogens is 274 g/mol. The number of nitrogens with zero attached hydrogens (tertiary/aromatic N) is 1. The maximum Gasteiger partial charge on any atom is 0.305 e. The fourth-order valence-corrected chi connectivity index (χ4v) is 2.82. The molecule has 114 valence electrons. The van der Waals surface area contributed by atoms with Gasteiger partial charge in [-0.05, 0) is 19.8 Å². The van der Waals surface area contributed by atoms with Crippen LogP contribution >= 0.6 is 0 Å². The van der Waals surface area contributed by atoms with Crippen molar-refractivity contribution < 1.29 is 14.7 Å². The minimum Gasteiger partial charge on any atom is -0.481 e. The number of H-pyrrole nitrogens is 1. The molecule has 1 fully saturated rings. The molecule has 1 saturated carbocycles. The Bertz CT molecular complexity index is 602. The van der Waals surface area contributed by atoms with E-state index in [1.165, 1.54) is 6.20 Å². The lowest BCUT2D eigenvalue weighted by Crippen LogP contribution is -2.52. The third kappa shape index (κ3) is 3.68. The molecule has 1 amide bonds. The highest BCUT2D eigenvalue weighted by Crippen LogP contribution is 2.31. The molecule has 1 aromatic rings. The Morgan fingerprint density at radius 3 is 2.62 bits per heavy atom. The van der Waals surface area contributed by atoms with Crippen molar-refractivity contribution in [3.8, 4) is 0 Å². The Balaban J connectivity index is 2.21. The highest BCUT2D eigenvalue weighted by molar-refractivity contribution is 5.94. The van der Waals surface area contributed by atoms with Crippen molar-refractivity contribution in [1.29, 1.82) is 0 Å². The van der Waals surface area contributed by atoms with Gasteiger partial charge >= 0.3 is 5.97 Å². The van der Waals surface area contributed by atoms with Crippen LogP contribution in [0.15, 0.2) is 11.0 Å². The van der Waals surface area contributed by atoms with Crippen molar-refractivity contribution in [3.05, 3.63) is 27.9 Å². The van der Waals surface area contributed by atoms with E-state index in [2.05, 4.69) is 15.3 Å². The minimum atomic E-state index is -0.951. The number of aromatic amines is 1. The SMILES string of the molecule is Cc1ncc(C(=O)NC2(CC(=O)O)CCCCC2)c(=O)[nH]1. The molecule has 0 aromatic carbocycles. The van der Waals surface area contributed by atoms with Crippen LogP contribution in [0.3, 0.4) is 0 Å². The van der Waals surface area contributed by atoms with Gasteiger partial charge in [0.15, 0.2) is 0 Å². The zero-order chi connectivity index (χ0) is 15.5. The van der Waals surface area contributed by atoms with Crippen molar-refractivity contribution >= 4 is 11.9 Å². The van der Waals surface area contributed by atoms with Gasteiger partial charge in [0.25, 0.3) is 11.5 Å². The van der Waals surface area contributed by atoms with Gasteiger partial charge in [0.2, 0.25) is 0 Å². The van der Waals surface area contributed by atoms with E-state index in [0.29, 0.717) is 18.7 Å². The van der Waals surface area contributed by atoms with E-state index in [9.17, 15) is 14.4 Å². The molecule has 0 aliphatic heterocycles. The Morgan fingerprint density at radius 1 is 1.38 bits per heavy atom. The number of carbonyl (C=O) groups excluding carboxylic acids is 1. The van der Waals surface area contributed by atoms with Crippen molar-refractivity contribution in [2.24, 2.45) is 0 Å². The molecule has 21 heavy (non-hydrogen) atoms. The summed E-state index contributed by atoms with van der Waals surface area (Å²) in [7, 11) is 0. The molecule has 0 bridgehead atoms. The quantitative estimate of drug-likeness (QED) is 0.766. The van der Waals surface area contributed by atoms with Gasteiger partial charge in [-0.25, -0.2) is 4.98 Å². The first kappa shape index (κ1) is 15.2. The fraction of sp³-hybridized carbons (Fsp3) is 0.571. The fourth-order valence-electron chi connectivity index (χ4n) is 2.82. The van der Waals surface area contributed by atoms with Crippen LogP contribution in [0.1, 0.15) is 54.7 Å². The maximum atomic E-state index is 12.3. The highest BCUT2D eigenvalue weighted by atomic mass is 16.4. The molecule has 0 radical (unpaired) electrons. The molecular formula is C14H19N3O4. The second-order valence-corrected chi connectivity index (χ2v) is 5.58. The van der Waals surface area contributed by atoms with Gasteiger partial charge in [-0.2, -0.15) is 0 Å². The first-order chi connectivity index (χ1) is 9.92. The molecule has 1 aliphatic rings. The van der Waals surface area contributed by atoms with Crippen LogP contribution in [0.2, 0.25) is 0 Å². The predicted molar refractivity (Wildman–Crippen MR) is 75.1 cm³/mol. The average molecular weight is 293 g/mol. The molecule has 2 rings (SSSR count). The van der Waals surface area contributed by atoms with E-state index in [0.717, 1.165) is 19.3 Å². The number of carboxylic acid groups (broad SMARTS) is 1. The van der Waals surface area contributed by atoms with Gasteiger partial charge < -0.3 is 15.4 Å². The van der Waals surface area contributed by atoms with E-state index >= 15 is 0 Å². The molecule has 1 aliphatic carbocycles. The second-order valence-electron chi connectivity index (χ2n) is 5.58. The number of aryl methyl sites for hydroxylation is 1. The Hall–Kier alpha value is -2.18. The van der Waals surface area contributed by atoms with E-state index in [1.807, 2.05) is 0 Å². The summed E-state index contributed by atoms with van der Waals surface area (Å²) in [6.45, 7) is 1.62. The summed E-state index contributed by atoms with van der Waals surface area (Å²) < 4.78 is 0. The summed E-state index contributed by atoms with van der Waals surface area (Å²) in [6.07, 6.45) is 5.09. The lowest BCUT2D eigenvalue weighted by Gasteiger charge is -2.36. The number of aliphatic carboxylic acids is 1. The van der Waals surface area contributed by atoms with Crippen molar-refractivity contribution in [1.82, 2.24) is 15.3 Å². The summed E-state index contributed by atoms with van der Waals surface area (Å²) in [6, 6.07) is 0. The molecule has 7 heteroatoms. The average Bonchev–Trinajstić information content (AvgIpc) is 2.38. The minimum absolute atomic E-state index is 0.0871. The second kappa shape index (κ2) is 6.07. The molecule has 0 unspecified atom stereocenters. The van der Waals surface area contributed by atoms with Crippen LogP contribution in [0, 0.1) is 6.92 Å². The van der Waals surface area contributed by atoms with Crippen LogP contribution in [-0.4, -0.2) is 32.5 Å². The van der Waals surface area contributed by atoms with Crippen LogP contribution in [0.25, 0.3) is 0 Å². The van der Waals surface area contributed by atoms with Crippen LogP contribution < -0.4 is 10.9 Å². The molecule has 7 nitrogen and oxygen atoms in total. The highest BCUT2D eigenvalue weighted by Gasteiger charge is 2.36. The Kier molecular flexibility index (Phi) is 4.40. The first-order valence-electron chi connectivity index (χ1n) is 7.02. The summed E-state index contributed by atoms with van der Waals surface area (Å²) in [5.41, 5.74) is -1.37. The van der Waals surface area contributed by atoms with Crippen molar-refractivity contribution in [3.63, 3.8) is 0 Å². The number of amides is 1. The number of rotatable bonds is 4. The largest absolute Gasteiger partial charge is 0.481 e. The van der Waals surface area contributed by atoms with E-state index < -0.39 is 23.0 Å². The number of aromatic nitrogens is 2. The van der Waals surface area contributed by atoms with Gasteiger partial charge in [-0.1, -0.05) is 19.3 Å². The van der Waals surface area contributed by atoms with Crippen molar-refractivity contribution in [2.75, 3.05) is 0 Å². The zero-order valence-electron chi connectivity index (χ0n) is 11.9. The predicted octanol–water partition coefficient (Wildman–Crippen LogP) is 0.986. The molecule has 1 aromatic heterocycles. The molecule has 0 saturated heterocycles. The zero-order valence-corrected chi connectivity index (χ0v) is 11.9. The van der Waals surface area contributed by atoms with E-state index in [-0.39, 0.29) is 12.0 Å². The number of carbonyl (C=O) groups is 2. The number of hydrogen-bond donors (Lipinski definition) is 3. The summed E-state index contributed by atoms with van der Waals surface area (Å²) in [5, 5.41) is 11.8. The topological polar surface area (TPSA) is 112 Å². The van der Waals surface area contributed by atoms with E-state index in [1.54, 1.807) is 6.92 Å². The summed E-state index contributed by atoms with van der Waals surface area (Å²) in [4.78, 5) is 41.5. The van der Waals surface area contributed by atoms with Crippen LogP contribution in [0.5, 0.6) is 0 Å².